The van der Waals surface area contributed by atoms with Crippen LogP contribution >= 0.6 is 0 Å². The van der Waals surface area contributed by atoms with Gasteiger partial charge >= 0.3 is 0 Å². The smallest absolute Gasteiger partial charge is 0.251 e. The Morgan fingerprint density at radius 2 is 2.21 bits per heavy atom. The molecule has 0 N–H and O–H groups in total. The first-order chi connectivity index (χ1) is 6.46. The summed E-state index contributed by atoms with van der Waals surface area (Å²) < 4.78 is 10.5. The van der Waals surface area contributed by atoms with Gasteiger partial charge in [0.1, 0.15) is 6.10 Å². The molecule has 1 rings (SSSR count). The number of hydrogen-bond acceptors (Lipinski definition) is 3. The highest BCUT2D eigenvalue weighted by atomic mass is 16.5. The molecule has 4 heteroatoms. The molecule has 14 heavy (non-hydrogen) atoms. The molecular formula is C10H19NO3. The van der Waals surface area contributed by atoms with Crippen LogP contribution in [-0.2, 0) is 14.3 Å². The van der Waals surface area contributed by atoms with E-state index in [-0.39, 0.29) is 17.6 Å². The van der Waals surface area contributed by atoms with Crippen molar-refractivity contribution in [3.05, 3.63) is 0 Å². The summed E-state index contributed by atoms with van der Waals surface area (Å²) in [5, 5.41) is 0. The van der Waals surface area contributed by atoms with Crippen LogP contribution in [0.1, 0.15) is 20.8 Å². The van der Waals surface area contributed by atoms with E-state index < -0.39 is 0 Å². The molecule has 1 heterocycles. The fourth-order valence-electron chi connectivity index (χ4n) is 1.56. The van der Waals surface area contributed by atoms with Crippen LogP contribution in [0.2, 0.25) is 0 Å². The van der Waals surface area contributed by atoms with Crippen molar-refractivity contribution in [3.63, 3.8) is 0 Å². The highest BCUT2D eigenvalue weighted by molar-refractivity contribution is 5.80. The molecule has 4 nitrogen and oxygen atoms in total. The molecule has 82 valence electrons. The average molecular weight is 201 g/mol. The summed E-state index contributed by atoms with van der Waals surface area (Å²) in [4.78, 5) is 13.6. The molecule has 1 aliphatic heterocycles. The van der Waals surface area contributed by atoms with Crippen molar-refractivity contribution in [2.75, 3.05) is 26.8 Å². The predicted octanol–water partition coefficient (Wildman–Crippen LogP) is 0.659. The van der Waals surface area contributed by atoms with E-state index in [9.17, 15) is 4.79 Å². The highest BCUT2D eigenvalue weighted by Gasteiger charge is 2.31. The van der Waals surface area contributed by atoms with E-state index in [1.165, 1.54) is 0 Å². The van der Waals surface area contributed by atoms with Crippen LogP contribution in [0, 0.1) is 0 Å². The van der Waals surface area contributed by atoms with Crippen molar-refractivity contribution in [1.29, 1.82) is 0 Å². The first kappa shape index (κ1) is 11.5. The summed E-state index contributed by atoms with van der Waals surface area (Å²) in [6, 6.07) is 0. The Balaban J connectivity index is 2.56. The first-order valence-corrected chi connectivity index (χ1v) is 4.92. The fourth-order valence-corrected chi connectivity index (χ4v) is 1.56. The molecule has 0 radical (unpaired) electrons. The van der Waals surface area contributed by atoms with E-state index >= 15 is 0 Å². The van der Waals surface area contributed by atoms with Crippen molar-refractivity contribution >= 4 is 5.91 Å². The van der Waals surface area contributed by atoms with Gasteiger partial charge in [0, 0.05) is 20.2 Å². The highest BCUT2D eigenvalue weighted by Crippen LogP contribution is 2.17. The summed E-state index contributed by atoms with van der Waals surface area (Å²) in [7, 11) is 1.55. The zero-order valence-corrected chi connectivity index (χ0v) is 9.37. The standard InChI is InChI=1S/C10H19NO3/c1-8(13-4)9(12)11-5-6-14-10(2,3)7-11/h8H,5-7H2,1-4H3. The number of ether oxygens (including phenoxy) is 2. The van der Waals surface area contributed by atoms with Crippen LogP contribution in [0.5, 0.6) is 0 Å². The number of amides is 1. The number of methoxy groups -OCH3 is 1. The van der Waals surface area contributed by atoms with Gasteiger partial charge in [-0.2, -0.15) is 0 Å². The lowest BCUT2D eigenvalue weighted by atomic mass is 10.1. The van der Waals surface area contributed by atoms with E-state index in [0.717, 1.165) is 0 Å². The Hall–Kier alpha value is -0.610. The van der Waals surface area contributed by atoms with E-state index in [2.05, 4.69) is 0 Å². The molecule has 0 aliphatic carbocycles. The minimum absolute atomic E-state index is 0.0453. The number of morpholine rings is 1. The lowest BCUT2D eigenvalue weighted by molar-refractivity contribution is -0.154. The van der Waals surface area contributed by atoms with Gasteiger partial charge in [0.05, 0.1) is 12.2 Å². The lowest BCUT2D eigenvalue weighted by Crippen LogP contribution is -2.53. The number of rotatable bonds is 2. The van der Waals surface area contributed by atoms with Gasteiger partial charge in [0.2, 0.25) is 0 Å². The first-order valence-electron chi connectivity index (χ1n) is 4.92. The molecule has 0 spiro atoms. The summed E-state index contributed by atoms with van der Waals surface area (Å²) in [6.45, 7) is 7.66. The van der Waals surface area contributed by atoms with Crippen LogP contribution < -0.4 is 0 Å². The molecule has 0 aromatic carbocycles. The van der Waals surface area contributed by atoms with Gasteiger partial charge in [-0.25, -0.2) is 0 Å². The van der Waals surface area contributed by atoms with Gasteiger partial charge in [-0.3, -0.25) is 4.79 Å². The summed E-state index contributed by atoms with van der Waals surface area (Å²) in [5.74, 6) is 0.0453. The van der Waals surface area contributed by atoms with Gasteiger partial charge in [0.15, 0.2) is 0 Å². The molecule has 1 unspecified atom stereocenters. The van der Waals surface area contributed by atoms with Crippen molar-refractivity contribution in [1.82, 2.24) is 4.90 Å². The molecule has 0 aromatic heterocycles. The monoisotopic (exact) mass is 201 g/mol. The number of carbonyl (C=O) groups is 1. The van der Waals surface area contributed by atoms with Crippen molar-refractivity contribution in [3.8, 4) is 0 Å². The maximum Gasteiger partial charge on any atom is 0.251 e. The van der Waals surface area contributed by atoms with Crippen LogP contribution in [0.4, 0.5) is 0 Å². The topological polar surface area (TPSA) is 38.8 Å². The van der Waals surface area contributed by atoms with Crippen LogP contribution in [0.25, 0.3) is 0 Å². The van der Waals surface area contributed by atoms with Crippen LogP contribution in [0.3, 0.4) is 0 Å². The minimum Gasteiger partial charge on any atom is -0.372 e. The van der Waals surface area contributed by atoms with Crippen LogP contribution in [-0.4, -0.2) is 49.3 Å². The Kier molecular flexibility index (Phi) is 3.50. The molecule has 1 saturated heterocycles. The Bertz CT molecular complexity index is 215. The lowest BCUT2D eigenvalue weighted by Gasteiger charge is -2.38. The summed E-state index contributed by atoms with van der Waals surface area (Å²) in [6.07, 6.45) is -0.358. The molecule has 0 saturated carbocycles. The van der Waals surface area contributed by atoms with Crippen molar-refractivity contribution < 1.29 is 14.3 Å². The Morgan fingerprint density at radius 3 is 2.71 bits per heavy atom. The second-order valence-electron chi connectivity index (χ2n) is 4.25. The van der Waals surface area contributed by atoms with Gasteiger partial charge in [-0.15, -0.1) is 0 Å². The fraction of sp³-hybridized carbons (Fsp3) is 0.900. The molecule has 0 aromatic rings. The number of hydrogen-bond donors (Lipinski definition) is 0. The average Bonchev–Trinajstić information content (AvgIpc) is 2.14. The predicted molar refractivity (Wildman–Crippen MR) is 53.1 cm³/mol. The quantitative estimate of drug-likeness (QED) is 0.658. The van der Waals surface area contributed by atoms with Crippen LogP contribution in [0.15, 0.2) is 0 Å². The van der Waals surface area contributed by atoms with E-state index in [4.69, 9.17) is 9.47 Å². The van der Waals surface area contributed by atoms with Gasteiger partial charge in [-0.1, -0.05) is 0 Å². The van der Waals surface area contributed by atoms with Gasteiger partial charge in [-0.05, 0) is 20.8 Å². The van der Waals surface area contributed by atoms with Crippen molar-refractivity contribution in [2.45, 2.75) is 32.5 Å². The van der Waals surface area contributed by atoms with Gasteiger partial charge in [0.25, 0.3) is 5.91 Å². The largest absolute Gasteiger partial charge is 0.372 e. The zero-order valence-electron chi connectivity index (χ0n) is 9.37. The molecule has 1 atom stereocenters. The zero-order chi connectivity index (χ0) is 10.8. The second kappa shape index (κ2) is 4.28. The summed E-state index contributed by atoms with van der Waals surface area (Å²) >= 11 is 0. The number of nitrogens with zero attached hydrogens (tertiary/aromatic N) is 1. The van der Waals surface area contributed by atoms with E-state index in [1.54, 1.807) is 18.9 Å². The van der Waals surface area contributed by atoms with Crippen molar-refractivity contribution in [2.24, 2.45) is 0 Å². The third-order valence-electron chi connectivity index (χ3n) is 2.44. The van der Waals surface area contributed by atoms with E-state index in [1.807, 2.05) is 13.8 Å². The molecular weight excluding hydrogens is 182 g/mol. The number of carbonyl (C=O) groups excluding carboxylic acids is 1. The van der Waals surface area contributed by atoms with Gasteiger partial charge < -0.3 is 14.4 Å². The molecule has 1 fully saturated rings. The Morgan fingerprint density at radius 1 is 1.57 bits per heavy atom. The molecule has 1 amide bonds. The maximum atomic E-state index is 11.8. The maximum absolute atomic E-state index is 11.8. The third-order valence-corrected chi connectivity index (χ3v) is 2.44. The van der Waals surface area contributed by atoms with E-state index in [0.29, 0.717) is 19.7 Å². The third kappa shape index (κ3) is 2.69. The minimum atomic E-state index is -0.358. The molecule has 0 bridgehead atoms. The SMILES string of the molecule is COC(C)C(=O)N1CCOC(C)(C)C1. The normalized spacial score (nSPS) is 23.3. The second-order valence-corrected chi connectivity index (χ2v) is 4.25. The molecule has 1 aliphatic rings. The Labute approximate surface area is 85.2 Å². The summed E-state index contributed by atoms with van der Waals surface area (Å²) in [5.41, 5.74) is -0.235.